The van der Waals surface area contributed by atoms with Crippen molar-refractivity contribution in [3.63, 3.8) is 0 Å². The first-order valence-electron chi connectivity index (χ1n) is 15.3. The fourth-order valence-electron chi connectivity index (χ4n) is 5.08. The molecule has 5 rings (SSSR count). The van der Waals surface area contributed by atoms with Crippen LogP contribution in [0.25, 0.3) is 6.08 Å². The summed E-state index contributed by atoms with van der Waals surface area (Å²) in [4.78, 5) is 54.3. The van der Waals surface area contributed by atoms with Gasteiger partial charge in [0.1, 0.15) is 16.5 Å². The van der Waals surface area contributed by atoms with E-state index < -0.39 is 28.9 Å². The van der Waals surface area contributed by atoms with Gasteiger partial charge in [-0.3, -0.25) is 14.4 Å². The number of esters is 1. The van der Waals surface area contributed by atoms with Gasteiger partial charge in [0.2, 0.25) is 5.91 Å². The summed E-state index contributed by atoms with van der Waals surface area (Å²) >= 11 is 2.72. The van der Waals surface area contributed by atoms with Crippen LogP contribution in [0.5, 0.6) is 0 Å². The summed E-state index contributed by atoms with van der Waals surface area (Å²) in [6.45, 7) is 3.76. The maximum Gasteiger partial charge on any atom is 0.341 e. The fraction of sp³-hybridized carbons (Fsp3) is 0.222. The van der Waals surface area contributed by atoms with Crippen molar-refractivity contribution < 1.29 is 28.3 Å². The Labute approximate surface area is 280 Å². The molecule has 4 aromatic rings. The zero-order chi connectivity index (χ0) is 33.3. The summed E-state index contributed by atoms with van der Waals surface area (Å²) in [6.07, 6.45) is 4.97. The molecular weight excluding hydrogens is 638 g/mol. The first kappa shape index (κ1) is 33.6. The summed E-state index contributed by atoms with van der Waals surface area (Å²) in [5.74, 6) is -2.42. The number of hydrogen-bond acceptors (Lipinski definition) is 7. The van der Waals surface area contributed by atoms with E-state index in [2.05, 4.69) is 16.0 Å². The number of thiophene rings is 1. The molecule has 0 bridgehead atoms. The summed E-state index contributed by atoms with van der Waals surface area (Å²) < 4.78 is 19.8. The maximum atomic E-state index is 14.5. The van der Waals surface area contributed by atoms with E-state index in [-0.39, 0.29) is 23.8 Å². The Bertz CT molecular complexity index is 1820. The van der Waals surface area contributed by atoms with Gasteiger partial charge in [-0.15, -0.1) is 23.1 Å². The lowest BCUT2D eigenvalue weighted by Crippen LogP contribution is -2.30. The van der Waals surface area contributed by atoms with E-state index >= 15 is 0 Å². The number of rotatable bonds is 11. The van der Waals surface area contributed by atoms with Crippen LogP contribution in [-0.2, 0) is 27.2 Å². The van der Waals surface area contributed by atoms with Crippen LogP contribution in [0.3, 0.4) is 0 Å². The minimum Gasteiger partial charge on any atom is -0.462 e. The first-order valence-corrected chi connectivity index (χ1v) is 17.0. The lowest BCUT2D eigenvalue weighted by molar-refractivity contribution is -0.115. The van der Waals surface area contributed by atoms with Crippen LogP contribution in [0.1, 0.15) is 63.4 Å². The standard InChI is InChI=1S/C36H34FN3O5S2/c1-3-45-36(44)31-27-17-8-10-19-30(27)47-35(31)40-32(41)22(2)46-26-16-11-15-25(21-26)38-34(43)29(20-24-14-7-9-18-28(24)37)39-33(42)23-12-5-4-6-13-23/h4-7,9,11-16,18,20-22H,3,8,10,17,19H2,1-2H3,(H,38,43)(H,39,42)(H,40,41)/b29-20-. The highest BCUT2D eigenvalue weighted by Crippen LogP contribution is 2.39. The van der Waals surface area contributed by atoms with Gasteiger partial charge in [0.25, 0.3) is 11.8 Å². The van der Waals surface area contributed by atoms with Crippen LogP contribution < -0.4 is 16.0 Å². The highest BCUT2D eigenvalue weighted by molar-refractivity contribution is 8.00. The summed E-state index contributed by atoms with van der Waals surface area (Å²) in [6, 6.07) is 21.2. The van der Waals surface area contributed by atoms with Crippen molar-refractivity contribution in [1.82, 2.24) is 5.32 Å². The topological polar surface area (TPSA) is 114 Å². The molecule has 0 spiro atoms. The van der Waals surface area contributed by atoms with Crippen molar-refractivity contribution in [1.29, 1.82) is 0 Å². The van der Waals surface area contributed by atoms with Gasteiger partial charge in [0, 0.05) is 26.6 Å². The average Bonchev–Trinajstić information content (AvgIpc) is 3.43. The van der Waals surface area contributed by atoms with Gasteiger partial charge in [-0.1, -0.05) is 42.5 Å². The second-order valence-corrected chi connectivity index (χ2v) is 13.3. The Hall–Kier alpha value is -4.74. The molecule has 0 aliphatic heterocycles. The zero-order valence-electron chi connectivity index (χ0n) is 25.9. The van der Waals surface area contributed by atoms with Crippen LogP contribution >= 0.6 is 23.1 Å². The van der Waals surface area contributed by atoms with Gasteiger partial charge in [-0.05, 0) is 87.6 Å². The quantitative estimate of drug-likeness (QED) is 0.0866. The first-order chi connectivity index (χ1) is 22.7. The van der Waals surface area contributed by atoms with E-state index in [0.29, 0.717) is 26.7 Å². The molecule has 1 unspecified atom stereocenters. The van der Waals surface area contributed by atoms with Crippen LogP contribution in [-0.4, -0.2) is 35.5 Å². The molecule has 242 valence electrons. The Balaban J connectivity index is 1.30. The Kier molecular flexibility index (Phi) is 11.2. The lowest BCUT2D eigenvalue weighted by atomic mass is 9.95. The monoisotopic (exact) mass is 671 g/mol. The van der Waals surface area contributed by atoms with Crippen molar-refractivity contribution in [2.24, 2.45) is 0 Å². The molecule has 3 N–H and O–H groups in total. The van der Waals surface area contributed by atoms with Crippen molar-refractivity contribution in [3.8, 4) is 0 Å². The number of aryl methyl sites for hydroxylation is 1. The molecule has 0 radical (unpaired) electrons. The molecule has 0 saturated carbocycles. The van der Waals surface area contributed by atoms with Gasteiger partial charge in [-0.25, -0.2) is 9.18 Å². The Morgan fingerprint density at radius 3 is 2.47 bits per heavy atom. The van der Waals surface area contributed by atoms with E-state index in [0.717, 1.165) is 36.1 Å². The van der Waals surface area contributed by atoms with E-state index in [1.807, 2.05) is 6.07 Å². The lowest BCUT2D eigenvalue weighted by Gasteiger charge is -2.15. The third-order valence-electron chi connectivity index (χ3n) is 7.40. The number of carbonyl (C=O) groups excluding carboxylic acids is 4. The minimum absolute atomic E-state index is 0.132. The predicted octanol–water partition coefficient (Wildman–Crippen LogP) is 7.47. The Morgan fingerprint density at radius 1 is 0.957 bits per heavy atom. The van der Waals surface area contributed by atoms with E-state index in [1.165, 1.54) is 47.4 Å². The van der Waals surface area contributed by atoms with E-state index in [1.54, 1.807) is 68.4 Å². The van der Waals surface area contributed by atoms with Gasteiger partial charge in [-0.2, -0.15) is 0 Å². The number of carbonyl (C=O) groups is 4. The number of hydrogen-bond donors (Lipinski definition) is 3. The second-order valence-electron chi connectivity index (χ2n) is 10.8. The molecule has 1 aliphatic carbocycles. The smallest absolute Gasteiger partial charge is 0.341 e. The molecule has 8 nitrogen and oxygen atoms in total. The van der Waals surface area contributed by atoms with Crippen molar-refractivity contribution in [3.05, 3.63) is 118 Å². The summed E-state index contributed by atoms with van der Waals surface area (Å²) in [5, 5.41) is 8.31. The number of nitrogens with one attached hydrogen (secondary N) is 3. The van der Waals surface area contributed by atoms with Crippen molar-refractivity contribution >= 4 is 63.6 Å². The third kappa shape index (κ3) is 8.55. The molecule has 1 heterocycles. The Morgan fingerprint density at radius 2 is 1.70 bits per heavy atom. The molecule has 3 aromatic carbocycles. The van der Waals surface area contributed by atoms with Crippen molar-refractivity contribution in [2.45, 2.75) is 49.7 Å². The van der Waals surface area contributed by atoms with Gasteiger partial charge in [0.05, 0.1) is 17.4 Å². The second kappa shape index (κ2) is 15.7. The van der Waals surface area contributed by atoms with Gasteiger partial charge < -0.3 is 20.7 Å². The van der Waals surface area contributed by atoms with Gasteiger partial charge in [0.15, 0.2) is 0 Å². The fourth-order valence-corrected chi connectivity index (χ4v) is 7.29. The number of halogens is 1. The molecule has 11 heteroatoms. The normalized spacial score (nSPS) is 13.2. The molecule has 0 fully saturated rings. The average molecular weight is 672 g/mol. The van der Waals surface area contributed by atoms with E-state index in [9.17, 15) is 23.6 Å². The van der Waals surface area contributed by atoms with Crippen LogP contribution in [0.4, 0.5) is 15.1 Å². The molecule has 0 saturated heterocycles. The number of amides is 3. The molecular formula is C36H34FN3O5S2. The molecule has 1 aliphatic rings. The van der Waals surface area contributed by atoms with Crippen LogP contribution in [0.15, 0.2) is 89.5 Å². The van der Waals surface area contributed by atoms with Gasteiger partial charge >= 0.3 is 5.97 Å². The summed E-state index contributed by atoms with van der Waals surface area (Å²) in [7, 11) is 0. The van der Waals surface area contributed by atoms with Crippen LogP contribution in [0.2, 0.25) is 0 Å². The molecule has 47 heavy (non-hydrogen) atoms. The molecule has 3 amide bonds. The number of benzene rings is 3. The predicted molar refractivity (Wildman–Crippen MR) is 184 cm³/mol. The zero-order valence-corrected chi connectivity index (χ0v) is 27.6. The number of ether oxygens (including phenoxy) is 1. The van der Waals surface area contributed by atoms with Crippen molar-refractivity contribution in [2.75, 3.05) is 17.2 Å². The SMILES string of the molecule is CCOC(=O)c1c(NC(=O)C(C)Sc2cccc(NC(=O)/C(=C/c3ccccc3F)NC(=O)c3ccccc3)c2)sc2c1CCCC2. The maximum absolute atomic E-state index is 14.5. The van der Waals surface area contributed by atoms with E-state index in [4.69, 9.17) is 4.74 Å². The summed E-state index contributed by atoms with van der Waals surface area (Å²) in [5.41, 5.74) is 2.17. The highest BCUT2D eigenvalue weighted by Gasteiger charge is 2.28. The molecule has 1 atom stereocenters. The highest BCUT2D eigenvalue weighted by atomic mass is 32.2. The largest absolute Gasteiger partial charge is 0.462 e. The number of fused-ring (bicyclic) bond motifs is 1. The third-order valence-corrected chi connectivity index (χ3v) is 9.70. The van der Waals surface area contributed by atoms with Crippen LogP contribution in [0, 0.1) is 5.82 Å². The molecule has 1 aromatic heterocycles. The number of anilines is 2. The minimum atomic E-state index is -0.654. The number of thioether (sulfide) groups is 1.